The van der Waals surface area contributed by atoms with Crippen LogP contribution in [-0.2, 0) is 4.79 Å². The molecule has 6 nitrogen and oxygen atoms in total. The Kier molecular flexibility index (Phi) is 6.71. The topological polar surface area (TPSA) is 79.9 Å². The molecule has 0 aliphatic rings. The van der Waals surface area contributed by atoms with Crippen LogP contribution in [0.15, 0.2) is 53.7 Å². The zero-order chi connectivity index (χ0) is 19.9. The van der Waals surface area contributed by atoms with Gasteiger partial charge in [0.15, 0.2) is 5.82 Å². The van der Waals surface area contributed by atoms with Crippen molar-refractivity contribution in [2.45, 2.75) is 31.3 Å². The monoisotopic (exact) mass is 396 g/mol. The van der Waals surface area contributed by atoms with E-state index in [1.165, 1.54) is 17.3 Å². The van der Waals surface area contributed by atoms with Crippen molar-refractivity contribution in [1.82, 2.24) is 15.2 Å². The third kappa shape index (κ3) is 5.13. The second kappa shape index (κ2) is 9.41. The molecule has 1 heterocycles. The van der Waals surface area contributed by atoms with Crippen molar-refractivity contribution in [3.8, 4) is 17.1 Å². The molecule has 28 heavy (non-hydrogen) atoms. The Bertz CT molecular complexity index is 907. The number of hydrogen-bond donors (Lipinski definition) is 2. The predicted octanol–water partition coefficient (Wildman–Crippen LogP) is 4.72. The molecule has 0 saturated carbocycles. The number of H-pyrrole nitrogens is 1. The van der Waals surface area contributed by atoms with E-state index in [1.807, 2.05) is 36.4 Å². The molecular weight excluding hydrogens is 372 g/mol. The van der Waals surface area contributed by atoms with Crippen molar-refractivity contribution in [1.29, 1.82) is 0 Å². The summed E-state index contributed by atoms with van der Waals surface area (Å²) in [6.07, 6.45) is 1.09. The zero-order valence-corrected chi connectivity index (χ0v) is 17.0. The van der Waals surface area contributed by atoms with Gasteiger partial charge in [-0.2, -0.15) is 0 Å². The number of methoxy groups -OCH3 is 1. The highest BCUT2D eigenvalue weighted by Gasteiger charge is 2.10. The van der Waals surface area contributed by atoms with Crippen molar-refractivity contribution in [3.05, 3.63) is 54.1 Å². The van der Waals surface area contributed by atoms with Crippen LogP contribution in [0.3, 0.4) is 0 Å². The molecule has 0 fully saturated rings. The van der Waals surface area contributed by atoms with Crippen molar-refractivity contribution in [3.63, 3.8) is 0 Å². The Morgan fingerprint density at radius 2 is 1.89 bits per heavy atom. The maximum Gasteiger partial charge on any atom is 0.234 e. The van der Waals surface area contributed by atoms with E-state index in [9.17, 15) is 4.79 Å². The number of benzene rings is 2. The van der Waals surface area contributed by atoms with Gasteiger partial charge in [-0.15, -0.1) is 5.10 Å². The van der Waals surface area contributed by atoms with Crippen LogP contribution in [0.5, 0.6) is 5.75 Å². The highest BCUT2D eigenvalue weighted by molar-refractivity contribution is 7.99. The molecule has 0 spiro atoms. The number of carbonyl (C=O) groups excluding carboxylic acids is 1. The quantitative estimate of drug-likeness (QED) is 0.538. The number of thioether (sulfide) groups is 1. The first-order valence-corrected chi connectivity index (χ1v) is 10.2. The van der Waals surface area contributed by atoms with Crippen LogP contribution in [0.1, 0.15) is 31.7 Å². The number of aromatic amines is 1. The van der Waals surface area contributed by atoms with Gasteiger partial charge in [0.25, 0.3) is 0 Å². The van der Waals surface area contributed by atoms with Gasteiger partial charge >= 0.3 is 0 Å². The number of nitrogens with zero attached hydrogens (tertiary/aromatic N) is 2. The Hall–Kier alpha value is -2.80. The number of anilines is 1. The molecule has 3 aromatic rings. The summed E-state index contributed by atoms with van der Waals surface area (Å²) < 4.78 is 5.15. The molecule has 7 heteroatoms. The molecule has 0 unspecified atom stereocenters. The Balaban J connectivity index is 1.52. The second-order valence-corrected chi connectivity index (χ2v) is 7.41. The van der Waals surface area contributed by atoms with Gasteiger partial charge in [-0.1, -0.05) is 37.7 Å². The number of nitrogens with one attached hydrogen (secondary N) is 2. The minimum Gasteiger partial charge on any atom is -0.497 e. The van der Waals surface area contributed by atoms with E-state index in [0.29, 0.717) is 16.9 Å². The summed E-state index contributed by atoms with van der Waals surface area (Å²) in [5.41, 5.74) is 2.99. The number of amides is 1. The van der Waals surface area contributed by atoms with Gasteiger partial charge in [0.1, 0.15) is 5.75 Å². The molecule has 0 aliphatic carbocycles. The normalized spacial score (nSPS) is 11.8. The maximum absolute atomic E-state index is 12.2. The number of aromatic nitrogens is 3. The van der Waals surface area contributed by atoms with Crippen molar-refractivity contribution in [2.75, 3.05) is 18.2 Å². The van der Waals surface area contributed by atoms with Crippen LogP contribution in [0.25, 0.3) is 11.4 Å². The lowest BCUT2D eigenvalue weighted by molar-refractivity contribution is -0.113. The van der Waals surface area contributed by atoms with E-state index in [-0.39, 0.29) is 11.7 Å². The molecular formula is C21H24N4O2S. The molecule has 146 valence electrons. The minimum absolute atomic E-state index is 0.0860. The van der Waals surface area contributed by atoms with Crippen LogP contribution >= 0.6 is 11.8 Å². The zero-order valence-electron chi connectivity index (χ0n) is 16.2. The molecule has 1 aromatic heterocycles. The highest BCUT2D eigenvalue weighted by Crippen LogP contribution is 2.23. The lowest BCUT2D eigenvalue weighted by Gasteiger charge is -2.10. The van der Waals surface area contributed by atoms with E-state index in [0.717, 1.165) is 23.4 Å². The summed E-state index contributed by atoms with van der Waals surface area (Å²) >= 11 is 1.29. The van der Waals surface area contributed by atoms with Gasteiger partial charge in [-0.25, -0.2) is 4.98 Å². The minimum atomic E-state index is -0.0860. The first-order chi connectivity index (χ1) is 13.6. The Labute approximate surface area is 169 Å². The lowest BCUT2D eigenvalue weighted by atomic mass is 9.99. The summed E-state index contributed by atoms with van der Waals surface area (Å²) in [4.78, 5) is 16.6. The van der Waals surface area contributed by atoms with Crippen molar-refractivity contribution < 1.29 is 9.53 Å². The van der Waals surface area contributed by atoms with Gasteiger partial charge in [-0.05, 0) is 54.3 Å². The molecule has 1 atom stereocenters. The summed E-state index contributed by atoms with van der Waals surface area (Å²) in [6, 6.07) is 15.6. The molecule has 3 rings (SSSR count). The molecule has 0 bridgehead atoms. The summed E-state index contributed by atoms with van der Waals surface area (Å²) in [5, 5.41) is 10.5. The second-order valence-electron chi connectivity index (χ2n) is 6.46. The summed E-state index contributed by atoms with van der Waals surface area (Å²) in [5.74, 6) is 2.12. The third-order valence-corrected chi connectivity index (χ3v) is 5.38. The first kappa shape index (κ1) is 19.9. The first-order valence-electron chi connectivity index (χ1n) is 9.18. The fourth-order valence-corrected chi connectivity index (χ4v) is 3.25. The number of rotatable bonds is 8. The van der Waals surface area contributed by atoms with Gasteiger partial charge < -0.3 is 10.1 Å². The number of hydrogen-bond acceptors (Lipinski definition) is 5. The molecule has 1 amide bonds. The van der Waals surface area contributed by atoms with Crippen LogP contribution in [-0.4, -0.2) is 34.0 Å². The van der Waals surface area contributed by atoms with Gasteiger partial charge in [0.2, 0.25) is 11.1 Å². The Morgan fingerprint density at radius 1 is 1.18 bits per heavy atom. The SMILES string of the molecule is CC[C@H](C)c1ccc(NC(=O)CSc2n[nH]c(-c3ccc(OC)cc3)n2)cc1. The van der Waals surface area contributed by atoms with E-state index in [2.05, 4.69) is 46.5 Å². The molecule has 0 aliphatic heterocycles. The van der Waals surface area contributed by atoms with Gasteiger partial charge in [0.05, 0.1) is 12.9 Å². The van der Waals surface area contributed by atoms with Crippen molar-refractivity contribution in [2.24, 2.45) is 0 Å². The van der Waals surface area contributed by atoms with Crippen LogP contribution < -0.4 is 10.1 Å². The maximum atomic E-state index is 12.2. The third-order valence-electron chi connectivity index (χ3n) is 4.54. The molecule has 2 N–H and O–H groups in total. The predicted molar refractivity (Wildman–Crippen MR) is 113 cm³/mol. The van der Waals surface area contributed by atoms with E-state index >= 15 is 0 Å². The standard InChI is InChI=1S/C21H24N4O2S/c1-4-14(2)15-5-9-17(10-6-15)22-19(26)13-28-21-23-20(24-25-21)16-7-11-18(27-3)12-8-16/h5-12,14H,4,13H2,1-3H3,(H,22,26)(H,23,24,25)/t14-/m0/s1. The molecule has 0 radical (unpaired) electrons. The number of ether oxygens (including phenoxy) is 1. The largest absolute Gasteiger partial charge is 0.497 e. The van der Waals surface area contributed by atoms with E-state index in [1.54, 1.807) is 7.11 Å². The molecule has 0 saturated heterocycles. The van der Waals surface area contributed by atoms with Gasteiger partial charge in [0, 0.05) is 11.3 Å². The Morgan fingerprint density at radius 3 is 2.54 bits per heavy atom. The van der Waals surface area contributed by atoms with Crippen LogP contribution in [0.4, 0.5) is 5.69 Å². The summed E-state index contributed by atoms with van der Waals surface area (Å²) in [6.45, 7) is 4.36. The molecule has 2 aromatic carbocycles. The number of carbonyl (C=O) groups is 1. The fraction of sp³-hybridized carbons (Fsp3) is 0.286. The van der Waals surface area contributed by atoms with E-state index < -0.39 is 0 Å². The van der Waals surface area contributed by atoms with Crippen LogP contribution in [0, 0.1) is 0 Å². The smallest absolute Gasteiger partial charge is 0.234 e. The van der Waals surface area contributed by atoms with E-state index in [4.69, 9.17) is 4.74 Å². The van der Waals surface area contributed by atoms with Crippen LogP contribution in [0.2, 0.25) is 0 Å². The average Bonchev–Trinajstić information content (AvgIpc) is 3.21. The highest BCUT2D eigenvalue weighted by atomic mass is 32.2. The average molecular weight is 397 g/mol. The van der Waals surface area contributed by atoms with Gasteiger partial charge in [-0.3, -0.25) is 9.89 Å². The fourth-order valence-electron chi connectivity index (χ4n) is 2.65. The lowest BCUT2D eigenvalue weighted by Crippen LogP contribution is -2.14. The van der Waals surface area contributed by atoms with Crippen molar-refractivity contribution >= 4 is 23.4 Å². The summed E-state index contributed by atoms with van der Waals surface area (Å²) in [7, 11) is 1.63.